The lowest BCUT2D eigenvalue weighted by molar-refractivity contribution is -0.164. The number of carbonyl (C=O) groups is 2. The van der Waals surface area contributed by atoms with Crippen molar-refractivity contribution in [3.8, 4) is 0 Å². The van der Waals surface area contributed by atoms with E-state index in [9.17, 15) is 22.8 Å². The van der Waals surface area contributed by atoms with Gasteiger partial charge in [-0.25, -0.2) is 0 Å². The highest BCUT2D eigenvalue weighted by Gasteiger charge is 2.41. The summed E-state index contributed by atoms with van der Waals surface area (Å²) in [5.74, 6) is -3.88. The van der Waals surface area contributed by atoms with Crippen LogP contribution >= 0.6 is 11.6 Å². The summed E-state index contributed by atoms with van der Waals surface area (Å²) < 4.78 is 38.3. The van der Waals surface area contributed by atoms with Crippen molar-refractivity contribution in [2.75, 3.05) is 13.1 Å². The van der Waals surface area contributed by atoms with Crippen molar-refractivity contribution in [2.45, 2.75) is 43.8 Å². The summed E-state index contributed by atoms with van der Waals surface area (Å²) in [6.45, 7) is 0.356. The van der Waals surface area contributed by atoms with E-state index in [1.165, 1.54) is 4.90 Å². The number of rotatable bonds is 6. The number of carbonyl (C=O) groups excluding carboxylic acids is 1. The third-order valence-electron chi connectivity index (χ3n) is 4.64. The van der Waals surface area contributed by atoms with Gasteiger partial charge in [0.2, 0.25) is 5.91 Å². The van der Waals surface area contributed by atoms with Gasteiger partial charge >= 0.3 is 12.1 Å². The molecule has 1 aromatic carbocycles. The van der Waals surface area contributed by atoms with Crippen molar-refractivity contribution in [1.82, 2.24) is 4.90 Å². The van der Waals surface area contributed by atoms with Crippen LogP contribution in [0.25, 0.3) is 0 Å². The highest BCUT2D eigenvalue weighted by atomic mass is 35.5. The highest BCUT2D eigenvalue weighted by molar-refractivity contribution is 6.30. The first-order valence-corrected chi connectivity index (χ1v) is 8.96. The lowest BCUT2D eigenvalue weighted by atomic mass is 9.83. The van der Waals surface area contributed by atoms with Crippen molar-refractivity contribution < 1.29 is 27.9 Å². The molecule has 0 bridgehead atoms. The molecule has 0 spiro atoms. The zero-order valence-corrected chi connectivity index (χ0v) is 15.4. The van der Waals surface area contributed by atoms with Gasteiger partial charge < -0.3 is 15.7 Å². The smallest absolute Gasteiger partial charge is 0.389 e. The number of carboxylic acid groups (broad SMARTS) is 1. The van der Waals surface area contributed by atoms with E-state index < -0.39 is 42.4 Å². The number of carboxylic acids is 1. The molecule has 2 atom stereocenters. The first-order chi connectivity index (χ1) is 12.5. The van der Waals surface area contributed by atoms with Gasteiger partial charge in [-0.15, -0.1) is 0 Å². The van der Waals surface area contributed by atoms with Crippen LogP contribution in [0.15, 0.2) is 24.3 Å². The summed E-state index contributed by atoms with van der Waals surface area (Å²) in [7, 11) is 0. The lowest BCUT2D eigenvalue weighted by Crippen LogP contribution is -2.58. The third kappa shape index (κ3) is 6.70. The van der Waals surface area contributed by atoms with Crippen molar-refractivity contribution in [2.24, 2.45) is 11.7 Å². The van der Waals surface area contributed by atoms with E-state index in [2.05, 4.69) is 0 Å². The molecule has 0 aromatic heterocycles. The fraction of sp³-hybridized carbons (Fsp3) is 0.556. The Morgan fingerprint density at radius 3 is 2.48 bits per heavy atom. The van der Waals surface area contributed by atoms with Gasteiger partial charge in [-0.1, -0.05) is 23.7 Å². The Hall–Kier alpha value is -1.80. The third-order valence-corrected chi connectivity index (χ3v) is 4.89. The van der Waals surface area contributed by atoms with Crippen LogP contribution in [0.4, 0.5) is 13.2 Å². The molecular weight excluding hydrogens is 385 g/mol. The van der Waals surface area contributed by atoms with Crippen LogP contribution in [-0.2, 0) is 16.0 Å². The van der Waals surface area contributed by atoms with Crippen LogP contribution < -0.4 is 5.73 Å². The van der Waals surface area contributed by atoms with Crippen molar-refractivity contribution in [3.63, 3.8) is 0 Å². The second-order valence-electron chi connectivity index (χ2n) is 7.14. The molecule has 1 saturated heterocycles. The first-order valence-electron chi connectivity index (χ1n) is 8.58. The summed E-state index contributed by atoms with van der Waals surface area (Å²) in [5.41, 5.74) is 6.55. The molecule has 0 aliphatic carbocycles. The van der Waals surface area contributed by atoms with Gasteiger partial charge in [-0.05, 0) is 37.0 Å². The Kier molecular flexibility index (Phi) is 6.75. The topological polar surface area (TPSA) is 83.6 Å². The van der Waals surface area contributed by atoms with Crippen LogP contribution in [0.5, 0.6) is 0 Å². The number of hydrogen-bond acceptors (Lipinski definition) is 3. The average Bonchev–Trinajstić information content (AvgIpc) is 2.54. The number of nitrogens with two attached hydrogens (primary N) is 1. The van der Waals surface area contributed by atoms with Crippen molar-refractivity contribution in [1.29, 1.82) is 0 Å². The monoisotopic (exact) mass is 406 g/mol. The Morgan fingerprint density at radius 2 is 1.93 bits per heavy atom. The minimum Gasteiger partial charge on any atom is -0.481 e. The quantitative estimate of drug-likeness (QED) is 0.759. The molecule has 9 heteroatoms. The van der Waals surface area contributed by atoms with E-state index in [-0.39, 0.29) is 13.1 Å². The van der Waals surface area contributed by atoms with E-state index >= 15 is 0 Å². The minimum absolute atomic E-state index is 0.0857. The normalized spacial score (nSPS) is 21.7. The molecule has 150 valence electrons. The van der Waals surface area contributed by atoms with E-state index in [4.69, 9.17) is 22.4 Å². The van der Waals surface area contributed by atoms with E-state index in [1.807, 2.05) is 12.1 Å². The summed E-state index contributed by atoms with van der Waals surface area (Å²) in [4.78, 5) is 24.8. The fourth-order valence-corrected chi connectivity index (χ4v) is 3.62. The van der Waals surface area contributed by atoms with Gasteiger partial charge in [0.05, 0.1) is 18.8 Å². The van der Waals surface area contributed by atoms with Gasteiger partial charge in [0, 0.05) is 23.7 Å². The van der Waals surface area contributed by atoms with Crippen LogP contribution in [0, 0.1) is 5.92 Å². The van der Waals surface area contributed by atoms with E-state index in [0.717, 1.165) is 5.56 Å². The second-order valence-corrected chi connectivity index (χ2v) is 7.58. The number of amides is 1. The zero-order chi connectivity index (χ0) is 20.2. The maximum absolute atomic E-state index is 12.8. The predicted octanol–water partition coefficient (Wildman–Crippen LogP) is 3.25. The van der Waals surface area contributed by atoms with Crippen LogP contribution in [0.2, 0.25) is 5.02 Å². The number of piperidine rings is 1. The number of halogens is 4. The number of likely N-dealkylation sites (tertiary alicyclic amines) is 1. The van der Waals surface area contributed by atoms with Gasteiger partial charge in [0.25, 0.3) is 0 Å². The number of alkyl halides is 3. The molecule has 1 heterocycles. The van der Waals surface area contributed by atoms with Crippen molar-refractivity contribution in [3.05, 3.63) is 34.9 Å². The molecule has 2 rings (SSSR count). The Balaban J connectivity index is 2.10. The Morgan fingerprint density at radius 1 is 1.30 bits per heavy atom. The predicted molar refractivity (Wildman–Crippen MR) is 94.3 cm³/mol. The first kappa shape index (κ1) is 21.5. The molecule has 1 aliphatic rings. The van der Waals surface area contributed by atoms with Crippen molar-refractivity contribution >= 4 is 23.5 Å². The maximum Gasteiger partial charge on any atom is 0.389 e. The number of hydrogen-bond donors (Lipinski definition) is 2. The largest absolute Gasteiger partial charge is 0.481 e. The number of aliphatic carboxylic acids is 1. The molecule has 3 N–H and O–H groups in total. The van der Waals surface area contributed by atoms with E-state index in [1.54, 1.807) is 12.1 Å². The SMILES string of the molecule is N[C@@]1(Cc2ccc(Cl)cc2)CCCN(C(=O)C(CC(=O)O)CC(F)(F)F)C1. The maximum atomic E-state index is 12.8. The summed E-state index contributed by atoms with van der Waals surface area (Å²) >= 11 is 5.86. The molecule has 1 amide bonds. The van der Waals surface area contributed by atoms with Crippen LogP contribution in [0.1, 0.15) is 31.2 Å². The summed E-state index contributed by atoms with van der Waals surface area (Å²) in [6.07, 6.45) is -5.33. The standard InChI is InChI=1S/C18H22ClF3N2O3/c19-14-4-2-12(3-5-14)9-17(23)6-1-7-24(11-17)16(27)13(8-15(25)26)10-18(20,21)22/h2-5,13H,1,6-11,23H2,(H,25,26)/t13?,17-/m1/s1. The lowest BCUT2D eigenvalue weighted by Gasteiger charge is -2.41. The van der Waals surface area contributed by atoms with Crippen LogP contribution in [0.3, 0.4) is 0 Å². The molecule has 0 radical (unpaired) electrons. The Bertz CT molecular complexity index is 681. The Labute approximate surface area is 160 Å². The number of nitrogens with zero attached hydrogens (tertiary/aromatic N) is 1. The molecule has 27 heavy (non-hydrogen) atoms. The molecule has 1 aromatic rings. The molecule has 1 unspecified atom stereocenters. The van der Waals surface area contributed by atoms with Gasteiger partial charge in [0.1, 0.15) is 0 Å². The second kappa shape index (κ2) is 8.48. The van der Waals surface area contributed by atoms with Gasteiger partial charge in [-0.3, -0.25) is 9.59 Å². The minimum atomic E-state index is -4.62. The molecule has 0 saturated carbocycles. The average molecular weight is 407 g/mol. The number of benzene rings is 1. The molecule has 5 nitrogen and oxygen atoms in total. The van der Waals surface area contributed by atoms with Gasteiger partial charge in [-0.2, -0.15) is 13.2 Å². The molecular formula is C18H22ClF3N2O3. The zero-order valence-electron chi connectivity index (χ0n) is 14.6. The molecule has 1 fully saturated rings. The van der Waals surface area contributed by atoms with Crippen LogP contribution in [-0.4, -0.2) is 46.7 Å². The summed E-state index contributed by atoms with van der Waals surface area (Å²) in [5, 5.41) is 9.45. The summed E-state index contributed by atoms with van der Waals surface area (Å²) in [6, 6.07) is 7.07. The fourth-order valence-electron chi connectivity index (χ4n) is 3.50. The molecule has 1 aliphatic heterocycles. The van der Waals surface area contributed by atoms with E-state index in [0.29, 0.717) is 24.3 Å². The van der Waals surface area contributed by atoms with Gasteiger partial charge in [0.15, 0.2) is 0 Å². The highest BCUT2D eigenvalue weighted by Crippen LogP contribution is 2.30.